The van der Waals surface area contributed by atoms with Crippen LogP contribution < -0.4 is 15.4 Å². The molecule has 2 aromatic carbocycles. The Morgan fingerprint density at radius 1 is 1.16 bits per heavy atom. The first-order valence-corrected chi connectivity index (χ1v) is 7.09. The number of hydrogen-bond donors (Lipinski definition) is 2. The number of amides is 2. The summed E-state index contributed by atoms with van der Waals surface area (Å²) < 4.78 is 18.2. The number of carbonyl (C=O) groups excluding carboxylic acids is 2. The molecule has 0 aromatic heterocycles. The van der Waals surface area contributed by atoms with E-state index in [9.17, 15) is 24.1 Å². The molecule has 0 spiro atoms. The highest BCUT2D eigenvalue weighted by Gasteiger charge is 2.17. The van der Waals surface area contributed by atoms with Gasteiger partial charge < -0.3 is 15.4 Å². The number of rotatable bonds is 6. The zero-order valence-corrected chi connectivity index (χ0v) is 13.1. The fourth-order valence-corrected chi connectivity index (χ4v) is 1.97. The fourth-order valence-electron chi connectivity index (χ4n) is 1.97. The molecule has 0 unspecified atom stereocenters. The second-order valence-corrected chi connectivity index (χ2v) is 4.97. The Morgan fingerprint density at radius 2 is 1.84 bits per heavy atom. The first kappa shape index (κ1) is 17.9. The molecule has 2 amide bonds. The zero-order chi connectivity index (χ0) is 18.4. The fraction of sp³-hybridized carbons (Fsp3) is 0.125. The SMILES string of the molecule is CC(=O)Nc1cccc(NC(=O)COc2cc(F)ccc2[N+](=O)[O-])c1. The lowest BCUT2D eigenvalue weighted by molar-refractivity contribution is -0.385. The Morgan fingerprint density at radius 3 is 2.48 bits per heavy atom. The molecule has 0 aliphatic rings. The lowest BCUT2D eigenvalue weighted by Crippen LogP contribution is -2.20. The largest absolute Gasteiger partial charge is 0.477 e. The monoisotopic (exact) mass is 347 g/mol. The highest BCUT2D eigenvalue weighted by molar-refractivity contribution is 5.94. The van der Waals surface area contributed by atoms with E-state index >= 15 is 0 Å². The van der Waals surface area contributed by atoms with E-state index in [-0.39, 0.29) is 11.7 Å². The molecule has 2 aromatic rings. The predicted molar refractivity (Wildman–Crippen MR) is 87.9 cm³/mol. The molecular weight excluding hydrogens is 333 g/mol. The van der Waals surface area contributed by atoms with Crippen molar-refractivity contribution in [1.82, 2.24) is 0 Å². The maximum Gasteiger partial charge on any atom is 0.311 e. The third kappa shape index (κ3) is 5.27. The summed E-state index contributed by atoms with van der Waals surface area (Å²) in [5, 5.41) is 15.9. The van der Waals surface area contributed by atoms with Gasteiger partial charge in [-0.05, 0) is 24.3 Å². The maximum atomic E-state index is 13.2. The van der Waals surface area contributed by atoms with E-state index in [4.69, 9.17) is 4.74 Å². The number of ether oxygens (including phenoxy) is 1. The normalized spacial score (nSPS) is 10.0. The summed E-state index contributed by atoms with van der Waals surface area (Å²) >= 11 is 0. The molecule has 9 heteroatoms. The van der Waals surface area contributed by atoms with E-state index < -0.39 is 28.9 Å². The number of halogens is 1. The Labute approximate surface area is 141 Å². The Kier molecular flexibility index (Phi) is 5.62. The standard InChI is InChI=1S/C16H14FN3O5/c1-10(21)18-12-3-2-4-13(8-12)19-16(22)9-25-15-7-11(17)5-6-14(15)20(23)24/h2-8H,9H2,1H3,(H,18,21)(H,19,22). The average Bonchev–Trinajstić information content (AvgIpc) is 2.52. The van der Waals surface area contributed by atoms with Crippen LogP contribution in [0.25, 0.3) is 0 Å². The number of nitrogens with zero attached hydrogens (tertiary/aromatic N) is 1. The number of nitro benzene ring substituents is 1. The predicted octanol–water partition coefficient (Wildman–Crippen LogP) is 2.71. The molecule has 0 heterocycles. The van der Waals surface area contributed by atoms with E-state index in [0.29, 0.717) is 11.4 Å². The summed E-state index contributed by atoms with van der Waals surface area (Å²) in [6.07, 6.45) is 0. The highest BCUT2D eigenvalue weighted by atomic mass is 19.1. The van der Waals surface area contributed by atoms with Crippen molar-refractivity contribution in [3.05, 3.63) is 58.4 Å². The van der Waals surface area contributed by atoms with Gasteiger partial charge in [0, 0.05) is 30.4 Å². The molecule has 0 saturated carbocycles. The van der Waals surface area contributed by atoms with Gasteiger partial charge in [0.15, 0.2) is 6.61 Å². The van der Waals surface area contributed by atoms with Crippen molar-refractivity contribution in [1.29, 1.82) is 0 Å². The Balaban J connectivity index is 2.01. The van der Waals surface area contributed by atoms with E-state index in [0.717, 1.165) is 18.2 Å². The minimum atomic E-state index is -0.733. The summed E-state index contributed by atoms with van der Waals surface area (Å²) in [6.45, 7) is 0.805. The smallest absolute Gasteiger partial charge is 0.311 e. The quantitative estimate of drug-likeness (QED) is 0.616. The minimum Gasteiger partial charge on any atom is -0.477 e. The molecule has 0 radical (unpaired) electrons. The van der Waals surface area contributed by atoms with Crippen LogP contribution in [-0.2, 0) is 9.59 Å². The second-order valence-electron chi connectivity index (χ2n) is 4.97. The summed E-state index contributed by atoms with van der Waals surface area (Å²) in [7, 11) is 0. The topological polar surface area (TPSA) is 111 Å². The summed E-state index contributed by atoms with van der Waals surface area (Å²) in [5.41, 5.74) is 0.447. The van der Waals surface area contributed by atoms with Crippen LogP contribution in [0.1, 0.15) is 6.92 Å². The summed E-state index contributed by atoms with van der Waals surface area (Å²) in [4.78, 5) is 33.0. The third-order valence-corrected chi connectivity index (χ3v) is 2.94. The van der Waals surface area contributed by atoms with Gasteiger partial charge in [0.05, 0.1) is 4.92 Å². The third-order valence-electron chi connectivity index (χ3n) is 2.94. The molecule has 0 aliphatic heterocycles. The van der Waals surface area contributed by atoms with Gasteiger partial charge in [-0.25, -0.2) is 4.39 Å². The molecule has 0 bridgehead atoms. The van der Waals surface area contributed by atoms with Crippen molar-refractivity contribution >= 4 is 28.9 Å². The molecule has 0 atom stereocenters. The lowest BCUT2D eigenvalue weighted by Gasteiger charge is -2.09. The number of carbonyl (C=O) groups is 2. The van der Waals surface area contributed by atoms with Gasteiger partial charge in [-0.3, -0.25) is 19.7 Å². The summed E-state index contributed by atoms with van der Waals surface area (Å²) in [6, 6.07) is 9.11. The van der Waals surface area contributed by atoms with Crippen LogP contribution in [0, 0.1) is 15.9 Å². The van der Waals surface area contributed by atoms with Crippen molar-refractivity contribution in [3.8, 4) is 5.75 Å². The van der Waals surface area contributed by atoms with Gasteiger partial charge in [0.25, 0.3) is 5.91 Å². The van der Waals surface area contributed by atoms with Crippen LogP contribution in [0.4, 0.5) is 21.5 Å². The molecule has 25 heavy (non-hydrogen) atoms. The number of nitrogens with one attached hydrogen (secondary N) is 2. The van der Waals surface area contributed by atoms with Gasteiger partial charge in [0.1, 0.15) is 5.82 Å². The lowest BCUT2D eigenvalue weighted by atomic mass is 10.2. The maximum absolute atomic E-state index is 13.2. The van der Waals surface area contributed by atoms with Crippen LogP contribution >= 0.6 is 0 Å². The molecule has 0 aliphatic carbocycles. The Hall–Kier alpha value is -3.49. The van der Waals surface area contributed by atoms with Crippen molar-refractivity contribution < 1.29 is 23.6 Å². The highest BCUT2D eigenvalue weighted by Crippen LogP contribution is 2.27. The Bertz CT molecular complexity index is 825. The first-order valence-electron chi connectivity index (χ1n) is 7.09. The molecule has 0 fully saturated rings. The van der Waals surface area contributed by atoms with E-state index in [1.807, 2.05) is 0 Å². The van der Waals surface area contributed by atoms with Gasteiger partial charge in [-0.15, -0.1) is 0 Å². The average molecular weight is 347 g/mol. The minimum absolute atomic E-state index is 0.259. The molecule has 0 saturated heterocycles. The molecular formula is C16H14FN3O5. The van der Waals surface area contributed by atoms with E-state index in [1.54, 1.807) is 18.2 Å². The van der Waals surface area contributed by atoms with Crippen molar-refractivity contribution in [2.45, 2.75) is 6.92 Å². The number of hydrogen-bond acceptors (Lipinski definition) is 5. The number of nitro groups is 1. The molecule has 130 valence electrons. The van der Waals surface area contributed by atoms with Crippen LogP contribution in [-0.4, -0.2) is 23.3 Å². The van der Waals surface area contributed by atoms with Gasteiger partial charge in [-0.1, -0.05) is 6.07 Å². The van der Waals surface area contributed by atoms with E-state index in [1.165, 1.54) is 13.0 Å². The second kappa shape index (κ2) is 7.86. The van der Waals surface area contributed by atoms with Crippen LogP contribution in [0.3, 0.4) is 0 Å². The van der Waals surface area contributed by atoms with Gasteiger partial charge >= 0.3 is 5.69 Å². The van der Waals surface area contributed by atoms with Crippen molar-refractivity contribution in [3.63, 3.8) is 0 Å². The van der Waals surface area contributed by atoms with Gasteiger partial charge in [0.2, 0.25) is 11.7 Å². The molecule has 2 N–H and O–H groups in total. The summed E-state index contributed by atoms with van der Waals surface area (Å²) in [5.74, 6) is -1.92. The number of benzene rings is 2. The first-order chi connectivity index (χ1) is 11.8. The van der Waals surface area contributed by atoms with Crippen LogP contribution in [0.15, 0.2) is 42.5 Å². The van der Waals surface area contributed by atoms with Gasteiger partial charge in [-0.2, -0.15) is 0 Å². The van der Waals surface area contributed by atoms with Crippen molar-refractivity contribution in [2.75, 3.05) is 17.2 Å². The number of anilines is 2. The van der Waals surface area contributed by atoms with E-state index in [2.05, 4.69) is 10.6 Å². The molecule has 2 rings (SSSR count). The van der Waals surface area contributed by atoms with Crippen molar-refractivity contribution in [2.24, 2.45) is 0 Å². The van der Waals surface area contributed by atoms with Crippen LogP contribution in [0.2, 0.25) is 0 Å². The van der Waals surface area contributed by atoms with Crippen LogP contribution in [0.5, 0.6) is 5.75 Å². The zero-order valence-electron chi connectivity index (χ0n) is 13.1. The molecule has 8 nitrogen and oxygen atoms in total.